The maximum atomic E-state index is 12.2. The zero-order chi connectivity index (χ0) is 16.3. The summed E-state index contributed by atoms with van der Waals surface area (Å²) in [5.41, 5.74) is 0.647. The average molecular weight is 324 g/mol. The largest absolute Gasteiger partial charge is 0.481 e. The molecule has 1 heterocycles. The van der Waals surface area contributed by atoms with Crippen LogP contribution in [0.4, 0.5) is 0 Å². The Balaban J connectivity index is 2.29. The summed E-state index contributed by atoms with van der Waals surface area (Å²) >= 11 is 6.28. The number of carbonyl (C=O) groups is 2. The van der Waals surface area contributed by atoms with Gasteiger partial charge in [0.2, 0.25) is 0 Å². The molecule has 22 heavy (non-hydrogen) atoms. The van der Waals surface area contributed by atoms with Gasteiger partial charge in [0.15, 0.2) is 5.78 Å². The fourth-order valence-electron chi connectivity index (χ4n) is 2.48. The zero-order valence-corrected chi connectivity index (χ0v) is 13.2. The van der Waals surface area contributed by atoms with E-state index < -0.39 is 5.97 Å². The molecule has 1 unspecified atom stereocenters. The van der Waals surface area contributed by atoms with Gasteiger partial charge < -0.3 is 14.7 Å². The van der Waals surface area contributed by atoms with E-state index in [1.54, 1.807) is 23.4 Å². The number of carbonyl (C=O) groups excluding carboxylic acids is 1. The summed E-state index contributed by atoms with van der Waals surface area (Å²) in [7, 11) is 0. The van der Waals surface area contributed by atoms with E-state index in [4.69, 9.17) is 21.4 Å². The van der Waals surface area contributed by atoms with Gasteiger partial charge in [-0.2, -0.15) is 0 Å². The van der Waals surface area contributed by atoms with Crippen LogP contribution in [-0.4, -0.2) is 28.3 Å². The van der Waals surface area contributed by atoms with Crippen molar-refractivity contribution in [2.45, 2.75) is 20.3 Å². The lowest BCUT2D eigenvalue weighted by Gasteiger charge is -2.29. The lowest BCUT2D eigenvalue weighted by atomic mass is 9.81. The van der Waals surface area contributed by atoms with Crippen LogP contribution in [0, 0.1) is 11.8 Å². The number of aliphatic carboxylic acids is 1. The van der Waals surface area contributed by atoms with Crippen molar-refractivity contribution in [2.75, 3.05) is 6.54 Å². The molecule has 1 atom stereocenters. The number of ether oxygens (including phenoxy) is 1. The van der Waals surface area contributed by atoms with E-state index in [-0.39, 0.29) is 24.0 Å². The van der Waals surface area contributed by atoms with Crippen molar-refractivity contribution in [3.63, 3.8) is 0 Å². The van der Waals surface area contributed by atoms with Gasteiger partial charge in [-0.05, 0) is 18.1 Å². The summed E-state index contributed by atoms with van der Waals surface area (Å²) in [6, 6.07) is 0. The Morgan fingerprint density at radius 2 is 2.18 bits per heavy atom. The van der Waals surface area contributed by atoms with E-state index in [2.05, 4.69) is 0 Å². The Bertz CT molecular complexity index is 601. The molecule has 6 heteroatoms. The second-order valence-electron chi connectivity index (χ2n) is 5.50. The first-order valence-electron chi connectivity index (χ1n) is 7.04. The summed E-state index contributed by atoms with van der Waals surface area (Å²) in [4.78, 5) is 24.5. The van der Waals surface area contributed by atoms with Gasteiger partial charge >= 0.3 is 5.97 Å². The summed E-state index contributed by atoms with van der Waals surface area (Å²) in [5.74, 6) is -0.691. The molecule has 0 saturated carbocycles. The van der Waals surface area contributed by atoms with E-state index >= 15 is 0 Å². The van der Waals surface area contributed by atoms with Crippen molar-refractivity contribution in [3.8, 4) is 0 Å². The monoisotopic (exact) mass is 323 g/mol. The molecule has 1 N–H and O–H groups in total. The van der Waals surface area contributed by atoms with E-state index in [9.17, 15) is 9.59 Å². The van der Waals surface area contributed by atoms with Crippen LogP contribution < -0.4 is 0 Å². The molecule has 0 saturated heterocycles. The van der Waals surface area contributed by atoms with Crippen molar-refractivity contribution in [1.29, 1.82) is 0 Å². The first-order valence-corrected chi connectivity index (χ1v) is 7.42. The number of carboxylic acid groups (broad SMARTS) is 1. The molecule has 2 aliphatic rings. The van der Waals surface area contributed by atoms with Gasteiger partial charge in [-0.1, -0.05) is 25.4 Å². The average Bonchev–Trinajstić information content (AvgIpc) is 2.47. The van der Waals surface area contributed by atoms with Crippen LogP contribution in [0.2, 0.25) is 0 Å². The molecule has 118 valence electrons. The molecule has 1 aliphatic heterocycles. The first kappa shape index (κ1) is 16.4. The summed E-state index contributed by atoms with van der Waals surface area (Å²) in [5, 5.41) is 9.23. The number of hydrogen-bond acceptors (Lipinski definition) is 4. The number of nitrogens with zero attached hydrogens (tertiary/aromatic N) is 1. The van der Waals surface area contributed by atoms with Gasteiger partial charge in [0.25, 0.3) is 0 Å². The van der Waals surface area contributed by atoms with Gasteiger partial charge in [-0.3, -0.25) is 9.59 Å². The van der Waals surface area contributed by atoms with E-state index in [0.29, 0.717) is 22.9 Å². The third kappa shape index (κ3) is 3.60. The second-order valence-corrected chi connectivity index (χ2v) is 5.90. The van der Waals surface area contributed by atoms with Crippen LogP contribution in [0.25, 0.3) is 0 Å². The highest BCUT2D eigenvalue weighted by atomic mass is 35.5. The number of halogens is 1. The molecule has 0 radical (unpaired) electrons. The van der Waals surface area contributed by atoms with Gasteiger partial charge in [0.05, 0.1) is 12.3 Å². The fraction of sp³-hybridized carbons (Fsp3) is 0.375. The summed E-state index contributed by atoms with van der Waals surface area (Å²) < 4.78 is 5.52. The summed E-state index contributed by atoms with van der Waals surface area (Å²) in [6.45, 7) is 4.22. The Morgan fingerprint density at radius 1 is 1.45 bits per heavy atom. The molecule has 0 amide bonds. The van der Waals surface area contributed by atoms with Gasteiger partial charge in [-0.15, -0.1) is 0 Å². The van der Waals surface area contributed by atoms with E-state index in [0.717, 1.165) is 0 Å². The first-order chi connectivity index (χ1) is 10.4. The van der Waals surface area contributed by atoms with Crippen LogP contribution in [0.5, 0.6) is 0 Å². The quantitative estimate of drug-likeness (QED) is 0.842. The lowest BCUT2D eigenvalue weighted by molar-refractivity contribution is -0.137. The molecule has 0 aromatic heterocycles. The van der Waals surface area contributed by atoms with Crippen molar-refractivity contribution < 1.29 is 19.4 Å². The molecule has 0 fully saturated rings. The molecule has 0 bridgehead atoms. The minimum atomic E-state index is -0.872. The topological polar surface area (TPSA) is 66.8 Å². The van der Waals surface area contributed by atoms with E-state index in [1.807, 2.05) is 13.8 Å². The molecular formula is C16H18ClNO4. The van der Waals surface area contributed by atoms with E-state index in [1.165, 1.54) is 12.3 Å². The Hall–Kier alpha value is -2.01. The SMILES string of the molecule is CC(C)C1C(=O)C=CC(Cl)=C1C1=CN(CCC(=O)O)C=CO1. The third-order valence-corrected chi connectivity index (χ3v) is 3.84. The Morgan fingerprint density at radius 3 is 2.82 bits per heavy atom. The number of ketones is 1. The minimum Gasteiger partial charge on any atom is -0.481 e. The number of carboxylic acids is 1. The predicted octanol–water partition coefficient (Wildman–Crippen LogP) is 3.01. The molecule has 0 aromatic carbocycles. The van der Waals surface area contributed by atoms with Crippen LogP contribution in [-0.2, 0) is 14.3 Å². The van der Waals surface area contributed by atoms with Crippen molar-refractivity contribution in [1.82, 2.24) is 4.90 Å². The van der Waals surface area contributed by atoms with Gasteiger partial charge in [0, 0.05) is 29.6 Å². The maximum Gasteiger partial charge on any atom is 0.305 e. The molecular weight excluding hydrogens is 306 g/mol. The normalized spacial score (nSPS) is 21.3. The van der Waals surface area contributed by atoms with Gasteiger partial charge in [0.1, 0.15) is 12.0 Å². The molecule has 2 rings (SSSR count). The predicted molar refractivity (Wildman–Crippen MR) is 82.6 cm³/mol. The van der Waals surface area contributed by atoms with Crippen molar-refractivity contribution in [2.24, 2.45) is 11.8 Å². The Kier molecular flexibility index (Phi) is 5.08. The molecule has 5 nitrogen and oxygen atoms in total. The lowest BCUT2D eigenvalue weighted by Crippen LogP contribution is -2.27. The molecule has 0 aromatic rings. The van der Waals surface area contributed by atoms with Crippen LogP contribution in [0.15, 0.2) is 47.2 Å². The highest BCUT2D eigenvalue weighted by molar-refractivity contribution is 6.33. The second kappa shape index (κ2) is 6.83. The number of hydrogen-bond donors (Lipinski definition) is 1. The molecule has 0 spiro atoms. The van der Waals surface area contributed by atoms with Gasteiger partial charge in [-0.25, -0.2) is 0 Å². The number of rotatable bonds is 5. The third-order valence-electron chi connectivity index (χ3n) is 3.52. The minimum absolute atomic E-state index is 0.00728. The fourth-order valence-corrected chi connectivity index (χ4v) is 2.75. The van der Waals surface area contributed by atoms with Crippen LogP contribution in [0.1, 0.15) is 20.3 Å². The Labute approximate surface area is 134 Å². The highest BCUT2D eigenvalue weighted by Gasteiger charge is 2.33. The number of allylic oxidation sites excluding steroid dienone is 4. The van der Waals surface area contributed by atoms with Crippen LogP contribution in [0.3, 0.4) is 0 Å². The van der Waals surface area contributed by atoms with Crippen molar-refractivity contribution in [3.05, 3.63) is 47.2 Å². The maximum absolute atomic E-state index is 12.2. The van der Waals surface area contributed by atoms with Crippen molar-refractivity contribution >= 4 is 23.4 Å². The molecule has 1 aliphatic carbocycles. The zero-order valence-electron chi connectivity index (χ0n) is 12.5. The highest BCUT2D eigenvalue weighted by Crippen LogP contribution is 2.37. The standard InChI is InChI=1S/C16H18ClNO4/c1-10(2)15-12(19)4-3-11(17)16(15)13-9-18(7-8-22-13)6-5-14(20)21/h3-4,7-10,15H,5-6H2,1-2H3,(H,20,21). The smallest absolute Gasteiger partial charge is 0.305 e. The summed E-state index contributed by atoms with van der Waals surface area (Å²) in [6.07, 6.45) is 7.86. The van der Waals surface area contributed by atoms with Crippen LogP contribution >= 0.6 is 11.6 Å².